The fraction of sp³-hybridized carbons (Fsp3) is 0.462. The zero-order valence-corrected chi connectivity index (χ0v) is 10.9. The molecule has 0 unspecified atom stereocenters. The molecule has 2 nitrogen and oxygen atoms in total. The predicted molar refractivity (Wildman–Crippen MR) is 70.6 cm³/mol. The Bertz CT molecular complexity index is 563. The van der Waals surface area contributed by atoms with Crippen molar-refractivity contribution in [2.24, 2.45) is 0 Å². The van der Waals surface area contributed by atoms with Gasteiger partial charge in [0.1, 0.15) is 0 Å². The lowest BCUT2D eigenvalue weighted by Crippen LogP contribution is -2.05. The van der Waals surface area contributed by atoms with E-state index < -0.39 is 0 Å². The normalized spacial score (nSPS) is 11.9. The molecule has 0 aliphatic heterocycles. The molecule has 2 aromatic rings. The number of fused-ring (bicyclic) bond motifs is 1. The summed E-state index contributed by atoms with van der Waals surface area (Å²) in [7, 11) is 0. The Hall–Kier alpha value is -1.09. The van der Waals surface area contributed by atoms with Crippen molar-refractivity contribution >= 4 is 21.6 Å². The lowest BCUT2D eigenvalue weighted by atomic mass is 10.0. The number of H-pyrrole nitrogens is 1. The minimum atomic E-state index is 0.148. The van der Waals surface area contributed by atoms with E-state index in [9.17, 15) is 4.79 Å². The summed E-state index contributed by atoms with van der Waals surface area (Å²) in [5, 5.41) is 2.09. The molecule has 2 rings (SSSR count). The smallest absolute Gasteiger partial charge is 0.199 e. The van der Waals surface area contributed by atoms with E-state index in [0.29, 0.717) is 11.8 Å². The molecule has 0 saturated heterocycles. The van der Waals surface area contributed by atoms with Crippen LogP contribution in [0, 0.1) is 0 Å². The Morgan fingerprint density at radius 1 is 1.19 bits per heavy atom. The van der Waals surface area contributed by atoms with Crippen LogP contribution in [0.5, 0.6) is 0 Å². The van der Waals surface area contributed by atoms with Gasteiger partial charge in [0.2, 0.25) is 0 Å². The van der Waals surface area contributed by atoms with E-state index in [0.717, 1.165) is 15.9 Å². The minimum Gasteiger partial charge on any atom is -0.357 e. The SMILES string of the molecule is CC(C)c1cc(=O)c2scc(C(C)C)c2[nH]1. The largest absolute Gasteiger partial charge is 0.357 e. The van der Waals surface area contributed by atoms with Crippen LogP contribution in [0.25, 0.3) is 10.2 Å². The Balaban J connectivity index is 2.76. The molecule has 0 saturated carbocycles. The number of rotatable bonds is 2. The van der Waals surface area contributed by atoms with Gasteiger partial charge in [-0.1, -0.05) is 27.7 Å². The van der Waals surface area contributed by atoms with Crippen LogP contribution in [-0.2, 0) is 0 Å². The first-order chi connectivity index (χ1) is 7.50. The first-order valence-electron chi connectivity index (χ1n) is 5.65. The van der Waals surface area contributed by atoms with Gasteiger partial charge in [-0.05, 0) is 22.8 Å². The Morgan fingerprint density at radius 2 is 1.88 bits per heavy atom. The van der Waals surface area contributed by atoms with Gasteiger partial charge in [0.15, 0.2) is 5.43 Å². The zero-order chi connectivity index (χ0) is 11.9. The van der Waals surface area contributed by atoms with Crippen molar-refractivity contribution in [3.8, 4) is 0 Å². The molecule has 2 aromatic heterocycles. The maximum Gasteiger partial charge on any atom is 0.199 e. The van der Waals surface area contributed by atoms with Crippen molar-refractivity contribution in [2.45, 2.75) is 39.5 Å². The molecule has 0 aromatic carbocycles. The Kier molecular flexibility index (Phi) is 2.89. The highest BCUT2D eigenvalue weighted by Gasteiger charge is 2.12. The van der Waals surface area contributed by atoms with Crippen LogP contribution in [0.3, 0.4) is 0 Å². The molecular formula is C13H17NOS. The van der Waals surface area contributed by atoms with Crippen LogP contribution in [0.4, 0.5) is 0 Å². The van der Waals surface area contributed by atoms with E-state index in [-0.39, 0.29) is 5.43 Å². The van der Waals surface area contributed by atoms with Gasteiger partial charge in [0.05, 0.1) is 10.2 Å². The van der Waals surface area contributed by atoms with E-state index in [1.54, 1.807) is 17.4 Å². The highest BCUT2D eigenvalue weighted by atomic mass is 32.1. The second-order valence-corrected chi connectivity index (χ2v) is 5.67. The van der Waals surface area contributed by atoms with E-state index in [1.807, 2.05) is 0 Å². The third-order valence-electron chi connectivity index (χ3n) is 2.84. The van der Waals surface area contributed by atoms with Gasteiger partial charge in [0.25, 0.3) is 0 Å². The monoisotopic (exact) mass is 235 g/mol. The summed E-state index contributed by atoms with van der Waals surface area (Å²) < 4.78 is 0.855. The zero-order valence-electron chi connectivity index (χ0n) is 10.1. The van der Waals surface area contributed by atoms with Gasteiger partial charge in [0, 0.05) is 11.8 Å². The van der Waals surface area contributed by atoms with Gasteiger partial charge in [-0.25, -0.2) is 0 Å². The third kappa shape index (κ3) is 1.80. The number of hydrogen-bond donors (Lipinski definition) is 1. The van der Waals surface area contributed by atoms with Crippen molar-refractivity contribution < 1.29 is 0 Å². The van der Waals surface area contributed by atoms with Crippen molar-refractivity contribution in [2.75, 3.05) is 0 Å². The predicted octanol–water partition coefficient (Wildman–Crippen LogP) is 3.84. The van der Waals surface area contributed by atoms with Gasteiger partial charge in [-0.3, -0.25) is 4.79 Å². The van der Waals surface area contributed by atoms with Crippen LogP contribution < -0.4 is 5.43 Å². The molecule has 0 amide bonds. The fourth-order valence-electron chi connectivity index (χ4n) is 1.80. The molecular weight excluding hydrogens is 218 g/mol. The van der Waals surface area contributed by atoms with Gasteiger partial charge in [-0.2, -0.15) is 0 Å². The van der Waals surface area contributed by atoms with E-state index in [4.69, 9.17) is 0 Å². The number of thiophene rings is 1. The second-order valence-electron chi connectivity index (χ2n) is 4.79. The van der Waals surface area contributed by atoms with E-state index >= 15 is 0 Å². The summed E-state index contributed by atoms with van der Waals surface area (Å²) in [6.07, 6.45) is 0. The first-order valence-corrected chi connectivity index (χ1v) is 6.53. The standard InChI is InChI=1S/C13H17NOS/c1-7(2)9-6-16-13-11(15)5-10(8(3)4)14-12(9)13/h5-8H,1-4H3,(H,14,15). The van der Waals surface area contributed by atoms with Crippen molar-refractivity contribution in [1.29, 1.82) is 0 Å². The van der Waals surface area contributed by atoms with Crippen molar-refractivity contribution in [3.05, 3.63) is 32.9 Å². The van der Waals surface area contributed by atoms with Crippen molar-refractivity contribution in [1.82, 2.24) is 4.98 Å². The molecule has 2 heterocycles. The molecule has 0 aliphatic carbocycles. The minimum absolute atomic E-state index is 0.148. The highest BCUT2D eigenvalue weighted by molar-refractivity contribution is 7.17. The molecule has 1 N–H and O–H groups in total. The number of pyridine rings is 1. The molecule has 0 aliphatic rings. The van der Waals surface area contributed by atoms with Gasteiger partial charge < -0.3 is 4.98 Å². The highest BCUT2D eigenvalue weighted by Crippen LogP contribution is 2.28. The van der Waals surface area contributed by atoms with Gasteiger partial charge >= 0.3 is 0 Å². The van der Waals surface area contributed by atoms with E-state index in [1.165, 1.54) is 5.56 Å². The van der Waals surface area contributed by atoms with Crippen LogP contribution in [-0.4, -0.2) is 4.98 Å². The lowest BCUT2D eigenvalue weighted by Gasteiger charge is -2.08. The summed E-state index contributed by atoms with van der Waals surface area (Å²) >= 11 is 1.55. The molecule has 0 radical (unpaired) electrons. The Morgan fingerprint density at radius 3 is 2.44 bits per heavy atom. The maximum absolute atomic E-state index is 11.9. The Labute approximate surface area is 99.3 Å². The molecule has 86 valence electrons. The maximum atomic E-state index is 11.9. The van der Waals surface area contributed by atoms with Crippen LogP contribution in [0.2, 0.25) is 0 Å². The average Bonchev–Trinajstić information content (AvgIpc) is 2.61. The summed E-state index contributed by atoms with van der Waals surface area (Å²) in [6, 6.07) is 1.73. The number of hydrogen-bond acceptors (Lipinski definition) is 2. The lowest BCUT2D eigenvalue weighted by molar-refractivity contribution is 0.823. The molecule has 16 heavy (non-hydrogen) atoms. The summed E-state index contributed by atoms with van der Waals surface area (Å²) in [5.74, 6) is 0.809. The quantitative estimate of drug-likeness (QED) is 0.843. The van der Waals surface area contributed by atoms with Crippen LogP contribution in [0.15, 0.2) is 16.2 Å². The summed E-state index contributed by atoms with van der Waals surface area (Å²) in [4.78, 5) is 15.3. The summed E-state index contributed by atoms with van der Waals surface area (Å²) in [6.45, 7) is 8.50. The number of aromatic nitrogens is 1. The van der Waals surface area contributed by atoms with Crippen molar-refractivity contribution in [3.63, 3.8) is 0 Å². The molecule has 0 atom stereocenters. The third-order valence-corrected chi connectivity index (χ3v) is 3.86. The molecule has 0 spiro atoms. The van der Waals surface area contributed by atoms with Crippen LogP contribution in [0.1, 0.15) is 50.8 Å². The average molecular weight is 235 g/mol. The molecule has 0 bridgehead atoms. The topological polar surface area (TPSA) is 32.9 Å². The number of nitrogens with one attached hydrogen (secondary N) is 1. The second kappa shape index (κ2) is 4.06. The fourth-order valence-corrected chi connectivity index (χ4v) is 2.90. The van der Waals surface area contributed by atoms with Crippen LogP contribution >= 0.6 is 11.3 Å². The molecule has 0 fully saturated rings. The number of aromatic amines is 1. The first kappa shape index (κ1) is 11.4. The van der Waals surface area contributed by atoms with E-state index in [2.05, 4.69) is 38.1 Å². The van der Waals surface area contributed by atoms with Gasteiger partial charge in [-0.15, -0.1) is 11.3 Å². The summed E-state index contributed by atoms with van der Waals surface area (Å²) in [5.41, 5.74) is 3.46. The molecule has 3 heteroatoms.